The number of rotatable bonds is 3. The highest BCUT2D eigenvalue weighted by Crippen LogP contribution is 2.36. The summed E-state index contributed by atoms with van der Waals surface area (Å²) < 4.78 is 10.9. The number of hydrogen-bond donors (Lipinski definition) is 0. The number of carbonyl (C=O) groups is 1. The van der Waals surface area contributed by atoms with Crippen LogP contribution in [0.3, 0.4) is 0 Å². The van der Waals surface area contributed by atoms with E-state index in [1.165, 1.54) is 12.8 Å². The number of fused-ring (bicyclic) bond motifs is 1. The van der Waals surface area contributed by atoms with Gasteiger partial charge in [0.1, 0.15) is 17.0 Å². The second-order valence-corrected chi connectivity index (χ2v) is 6.22. The quantitative estimate of drug-likeness (QED) is 0.872. The highest BCUT2D eigenvalue weighted by Gasteiger charge is 2.36. The van der Waals surface area contributed by atoms with Crippen molar-refractivity contribution >= 4 is 5.91 Å². The van der Waals surface area contributed by atoms with Crippen molar-refractivity contribution in [2.24, 2.45) is 0 Å². The zero-order valence-corrected chi connectivity index (χ0v) is 13.2. The maximum Gasteiger partial charge on any atom is 0.260 e. The van der Waals surface area contributed by atoms with E-state index in [-0.39, 0.29) is 5.91 Å². The number of hydrogen-bond acceptors (Lipinski definition) is 4. The summed E-state index contributed by atoms with van der Waals surface area (Å²) in [6.45, 7) is 0.733. The van der Waals surface area contributed by atoms with E-state index in [2.05, 4.69) is 5.16 Å². The lowest BCUT2D eigenvalue weighted by molar-refractivity contribution is 0.0655. The van der Waals surface area contributed by atoms with Crippen molar-refractivity contribution in [1.29, 1.82) is 0 Å². The fourth-order valence-electron chi connectivity index (χ4n) is 3.77. The van der Waals surface area contributed by atoms with E-state index in [0.717, 1.165) is 31.4 Å². The number of methoxy groups -OCH3 is 1. The second kappa shape index (κ2) is 5.72. The number of carbonyl (C=O) groups excluding carboxylic acids is 1. The average Bonchev–Trinajstić information content (AvgIpc) is 3.25. The van der Waals surface area contributed by atoms with Gasteiger partial charge >= 0.3 is 0 Å². The van der Waals surface area contributed by atoms with Crippen LogP contribution in [0.25, 0.3) is 11.3 Å². The van der Waals surface area contributed by atoms with Crippen LogP contribution in [0.4, 0.5) is 0 Å². The zero-order chi connectivity index (χ0) is 15.8. The molecule has 1 saturated carbocycles. The first kappa shape index (κ1) is 14.3. The van der Waals surface area contributed by atoms with E-state index >= 15 is 0 Å². The van der Waals surface area contributed by atoms with Crippen molar-refractivity contribution in [3.05, 3.63) is 35.6 Å². The molecule has 0 N–H and O–H groups in total. The van der Waals surface area contributed by atoms with Gasteiger partial charge in [-0.3, -0.25) is 4.79 Å². The Labute approximate surface area is 135 Å². The van der Waals surface area contributed by atoms with Crippen LogP contribution in [-0.4, -0.2) is 35.7 Å². The fourth-order valence-corrected chi connectivity index (χ4v) is 3.77. The van der Waals surface area contributed by atoms with Crippen LogP contribution in [0.5, 0.6) is 5.75 Å². The average molecular weight is 312 g/mol. The predicted octanol–water partition coefficient (Wildman–Crippen LogP) is 3.29. The monoisotopic (exact) mass is 312 g/mol. The molecular weight excluding hydrogens is 292 g/mol. The van der Waals surface area contributed by atoms with Crippen LogP contribution in [-0.2, 0) is 6.42 Å². The van der Waals surface area contributed by atoms with Gasteiger partial charge in [0.05, 0.1) is 7.11 Å². The minimum atomic E-state index is 0.0558. The second-order valence-electron chi connectivity index (χ2n) is 6.22. The lowest BCUT2D eigenvalue weighted by Gasteiger charge is -2.31. The van der Waals surface area contributed by atoms with Crippen LogP contribution < -0.4 is 4.74 Å². The fraction of sp³-hybridized carbons (Fsp3) is 0.444. The SMILES string of the molecule is COc1ccccc1-c1noc2c1C(=O)N(C1CCCC1)CC2. The Morgan fingerprint density at radius 1 is 1.26 bits per heavy atom. The molecule has 4 rings (SSSR count). The van der Waals surface area contributed by atoms with E-state index in [1.54, 1.807) is 7.11 Å². The van der Waals surface area contributed by atoms with Gasteiger partial charge in [0.2, 0.25) is 0 Å². The standard InChI is InChI=1S/C18H20N2O3/c1-22-14-9-5-4-8-13(14)17-16-15(23-19-17)10-11-20(18(16)21)12-6-2-3-7-12/h4-5,8-9,12H,2-3,6-7,10-11H2,1H3. The first-order valence-corrected chi connectivity index (χ1v) is 8.22. The summed E-state index contributed by atoms with van der Waals surface area (Å²) in [4.78, 5) is 15.1. The molecule has 0 bridgehead atoms. The Morgan fingerprint density at radius 3 is 2.83 bits per heavy atom. The van der Waals surface area contributed by atoms with Crippen molar-refractivity contribution in [3.63, 3.8) is 0 Å². The van der Waals surface area contributed by atoms with Gasteiger partial charge < -0.3 is 14.2 Å². The molecule has 0 unspecified atom stereocenters. The summed E-state index contributed by atoms with van der Waals surface area (Å²) in [5.74, 6) is 1.46. The summed E-state index contributed by atoms with van der Waals surface area (Å²) in [5.41, 5.74) is 2.03. The molecule has 0 spiro atoms. The van der Waals surface area contributed by atoms with Gasteiger partial charge in [-0.15, -0.1) is 0 Å². The molecule has 1 aromatic carbocycles. The van der Waals surface area contributed by atoms with Crippen molar-refractivity contribution in [2.75, 3.05) is 13.7 Å². The van der Waals surface area contributed by atoms with Crippen molar-refractivity contribution in [1.82, 2.24) is 10.1 Å². The van der Waals surface area contributed by atoms with Gasteiger partial charge in [0, 0.05) is 24.6 Å². The largest absolute Gasteiger partial charge is 0.496 e. The summed E-state index contributed by atoms with van der Waals surface area (Å²) in [6, 6.07) is 7.98. The Morgan fingerprint density at radius 2 is 2.04 bits per heavy atom. The third-order valence-electron chi connectivity index (χ3n) is 4.94. The minimum absolute atomic E-state index is 0.0558. The molecule has 5 heteroatoms. The Balaban J connectivity index is 1.76. The smallest absolute Gasteiger partial charge is 0.260 e. The molecule has 0 saturated heterocycles. The van der Waals surface area contributed by atoms with E-state index in [1.807, 2.05) is 29.2 Å². The van der Waals surface area contributed by atoms with Crippen LogP contribution in [0.2, 0.25) is 0 Å². The third kappa shape index (κ3) is 2.31. The molecule has 0 atom stereocenters. The molecule has 1 aliphatic heterocycles. The predicted molar refractivity (Wildman–Crippen MR) is 85.5 cm³/mol. The molecule has 1 fully saturated rings. The topological polar surface area (TPSA) is 55.6 Å². The maximum atomic E-state index is 13.0. The van der Waals surface area contributed by atoms with E-state index in [0.29, 0.717) is 28.8 Å². The number of para-hydroxylation sites is 1. The van der Waals surface area contributed by atoms with Crippen LogP contribution in [0.1, 0.15) is 41.8 Å². The molecule has 2 heterocycles. The summed E-state index contributed by atoms with van der Waals surface area (Å²) >= 11 is 0. The maximum absolute atomic E-state index is 13.0. The number of benzene rings is 1. The van der Waals surface area contributed by atoms with E-state index in [9.17, 15) is 4.79 Å². The normalized spacial score (nSPS) is 18.3. The summed E-state index contributed by atoms with van der Waals surface area (Å²) in [5, 5.41) is 4.19. The molecule has 0 radical (unpaired) electrons. The molecule has 2 aliphatic rings. The first-order chi connectivity index (χ1) is 11.3. The summed E-state index contributed by atoms with van der Waals surface area (Å²) in [7, 11) is 1.62. The van der Waals surface area contributed by atoms with Gasteiger partial charge in [-0.05, 0) is 25.0 Å². The number of ether oxygens (including phenoxy) is 1. The Hall–Kier alpha value is -2.30. The first-order valence-electron chi connectivity index (χ1n) is 8.22. The van der Waals surface area contributed by atoms with E-state index in [4.69, 9.17) is 9.26 Å². The molecule has 5 nitrogen and oxygen atoms in total. The molecule has 1 aromatic heterocycles. The Bertz CT molecular complexity index is 732. The van der Waals surface area contributed by atoms with Crippen LogP contribution in [0.15, 0.2) is 28.8 Å². The van der Waals surface area contributed by atoms with Gasteiger partial charge in [-0.2, -0.15) is 0 Å². The molecule has 1 aliphatic carbocycles. The molecule has 23 heavy (non-hydrogen) atoms. The van der Waals surface area contributed by atoms with Crippen molar-refractivity contribution in [2.45, 2.75) is 38.1 Å². The van der Waals surface area contributed by atoms with Crippen LogP contribution in [0, 0.1) is 0 Å². The highest BCUT2D eigenvalue weighted by atomic mass is 16.5. The Kier molecular flexibility index (Phi) is 3.56. The lowest BCUT2D eigenvalue weighted by Crippen LogP contribution is -2.43. The molecule has 120 valence electrons. The molecule has 1 amide bonds. The third-order valence-corrected chi connectivity index (χ3v) is 4.94. The lowest BCUT2D eigenvalue weighted by atomic mass is 9.98. The summed E-state index contributed by atoms with van der Waals surface area (Å²) in [6.07, 6.45) is 5.38. The van der Waals surface area contributed by atoms with E-state index < -0.39 is 0 Å². The molecular formula is C18H20N2O3. The van der Waals surface area contributed by atoms with Gasteiger partial charge in [-0.1, -0.05) is 30.1 Å². The van der Waals surface area contributed by atoms with Gasteiger partial charge in [0.25, 0.3) is 5.91 Å². The van der Waals surface area contributed by atoms with Crippen molar-refractivity contribution in [3.8, 4) is 17.0 Å². The van der Waals surface area contributed by atoms with Gasteiger partial charge in [-0.25, -0.2) is 0 Å². The van der Waals surface area contributed by atoms with Gasteiger partial charge in [0.15, 0.2) is 5.76 Å². The molecule has 2 aromatic rings. The van der Waals surface area contributed by atoms with Crippen molar-refractivity contribution < 1.29 is 14.1 Å². The number of aromatic nitrogens is 1. The highest BCUT2D eigenvalue weighted by molar-refractivity contribution is 6.02. The minimum Gasteiger partial charge on any atom is -0.496 e. The number of nitrogens with zero attached hydrogens (tertiary/aromatic N) is 2. The zero-order valence-electron chi connectivity index (χ0n) is 13.2. The number of amides is 1. The van der Waals surface area contributed by atoms with Crippen LogP contribution >= 0.6 is 0 Å².